The number of amides is 1. The smallest absolute Gasteiger partial charge is 0.306 e. The number of nitrogens with zero attached hydrogens (tertiary/aromatic N) is 1. The van der Waals surface area contributed by atoms with E-state index in [1.807, 2.05) is 0 Å². The first-order valence-electron chi connectivity index (χ1n) is 8.82. The van der Waals surface area contributed by atoms with E-state index in [9.17, 15) is 19.2 Å². The third-order valence-electron chi connectivity index (χ3n) is 4.34. The summed E-state index contributed by atoms with van der Waals surface area (Å²) in [7, 11) is 0. The van der Waals surface area contributed by atoms with Crippen LogP contribution in [-0.4, -0.2) is 36.6 Å². The van der Waals surface area contributed by atoms with Crippen LogP contribution in [0.1, 0.15) is 45.7 Å². The van der Waals surface area contributed by atoms with E-state index < -0.39 is 5.97 Å². The zero-order valence-electron chi connectivity index (χ0n) is 15.0. The van der Waals surface area contributed by atoms with E-state index in [0.717, 1.165) is 23.4 Å². The molecule has 0 bridgehead atoms. The Bertz CT molecular complexity index is 906. The number of thiophene rings is 1. The summed E-state index contributed by atoms with van der Waals surface area (Å²) in [5.41, 5.74) is 1.15. The van der Waals surface area contributed by atoms with E-state index in [1.54, 1.807) is 41.3 Å². The van der Waals surface area contributed by atoms with Gasteiger partial charge in [-0.25, -0.2) is 0 Å². The molecule has 1 saturated heterocycles. The van der Waals surface area contributed by atoms with Crippen molar-refractivity contribution in [2.24, 2.45) is 0 Å². The monoisotopic (exact) mass is 419 g/mol. The molecular weight excluding hydrogens is 402 g/mol. The second-order valence-corrected chi connectivity index (χ2v) is 8.02. The van der Waals surface area contributed by atoms with Gasteiger partial charge in [0.15, 0.2) is 18.2 Å². The van der Waals surface area contributed by atoms with E-state index in [4.69, 9.17) is 16.3 Å². The molecule has 0 saturated carbocycles. The Morgan fingerprint density at radius 2 is 1.79 bits per heavy atom. The van der Waals surface area contributed by atoms with Crippen LogP contribution in [0, 0.1) is 0 Å². The van der Waals surface area contributed by atoms with Gasteiger partial charge in [-0.15, -0.1) is 11.3 Å². The van der Waals surface area contributed by atoms with Gasteiger partial charge >= 0.3 is 5.97 Å². The Hall–Kier alpha value is -2.51. The molecule has 6 nitrogen and oxygen atoms in total. The largest absolute Gasteiger partial charge is 0.457 e. The number of hydrogen-bond acceptors (Lipinski definition) is 6. The van der Waals surface area contributed by atoms with Gasteiger partial charge in [0, 0.05) is 30.6 Å². The van der Waals surface area contributed by atoms with Crippen molar-refractivity contribution in [3.05, 3.63) is 51.2 Å². The van der Waals surface area contributed by atoms with Crippen molar-refractivity contribution in [1.82, 2.24) is 0 Å². The number of ether oxygens (including phenoxy) is 1. The van der Waals surface area contributed by atoms with Crippen LogP contribution in [0.15, 0.2) is 36.4 Å². The highest BCUT2D eigenvalue weighted by Crippen LogP contribution is 2.23. The fourth-order valence-electron chi connectivity index (χ4n) is 2.85. The van der Waals surface area contributed by atoms with Crippen molar-refractivity contribution >= 4 is 52.1 Å². The summed E-state index contributed by atoms with van der Waals surface area (Å²) in [6.45, 7) is 0.292. The Balaban J connectivity index is 1.45. The average Bonchev–Trinajstić information content (AvgIpc) is 3.32. The van der Waals surface area contributed by atoms with Crippen LogP contribution >= 0.6 is 22.9 Å². The van der Waals surface area contributed by atoms with E-state index in [0.29, 0.717) is 27.7 Å². The molecule has 3 rings (SSSR count). The van der Waals surface area contributed by atoms with Crippen LogP contribution in [0.4, 0.5) is 5.69 Å². The van der Waals surface area contributed by atoms with Crippen molar-refractivity contribution in [2.75, 3.05) is 18.1 Å². The molecule has 1 amide bonds. The molecule has 0 unspecified atom stereocenters. The molecule has 8 heteroatoms. The maximum atomic E-state index is 12.2. The molecule has 1 aliphatic heterocycles. The molecule has 1 fully saturated rings. The van der Waals surface area contributed by atoms with Crippen LogP contribution < -0.4 is 4.90 Å². The summed E-state index contributed by atoms with van der Waals surface area (Å²) in [4.78, 5) is 49.8. The van der Waals surface area contributed by atoms with Gasteiger partial charge in [-0.1, -0.05) is 11.6 Å². The second kappa shape index (κ2) is 9.12. The minimum atomic E-state index is -0.608. The van der Waals surface area contributed by atoms with Crippen LogP contribution in [-0.2, 0) is 14.3 Å². The van der Waals surface area contributed by atoms with Crippen LogP contribution in [0.5, 0.6) is 0 Å². The molecule has 0 N–H and O–H groups in total. The molecule has 146 valence electrons. The Kier molecular flexibility index (Phi) is 6.59. The number of carbonyl (C=O) groups is 4. The highest BCUT2D eigenvalue weighted by molar-refractivity contribution is 7.18. The van der Waals surface area contributed by atoms with Crippen LogP contribution in [0.25, 0.3) is 0 Å². The van der Waals surface area contributed by atoms with Crippen LogP contribution in [0.3, 0.4) is 0 Å². The van der Waals surface area contributed by atoms with Gasteiger partial charge < -0.3 is 9.64 Å². The first-order valence-corrected chi connectivity index (χ1v) is 10.0. The fraction of sp³-hybridized carbons (Fsp3) is 0.300. The lowest BCUT2D eigenvalue weighted by atomic mass is 10.1. The number of Topliss-reactive ketones (excluding diaryl/α,β-unsaturated/α-hetero) is 2. The average molecular weight is 420 g/mol. The lowest BCUT2D eigenvalue weighted by Crippen LogP contribution is -2.23. The van der Waals surface area contributed by atoms with Crippen molar-refractivity contribution in [2.45, 2.75) is 25.7 Å². The molecule has 2 heterocycles. The van der Waals surface area contributed by atoms with E-state index >= 15 is 0 Å². The molecule has 1 aromatic heterocycles. The minimum Gasteiger partial charge on any atom is -0.457 e. The maximum Gasteiger partial charge on any atom is 0.306 e. The van der Waals surface area contributed by atoms with Gasteiger partial charge in [0.1, 0.15) is 0 Å². The molecule has 1 aliphatic rings. The summed E-state index contributed by atoms with van der Waals surface area (Å²) in [6, 6.07) is 9.89. The molecule has 0 radical (unpaired) electrons. The lowest BCUT2D eigenvalue weighted by molar-refractivity contribution is -0.142. The summed E-state index contributed by atoms with van der Waals surface area (Å²) in [5, 5.41) is 0. The standard InChI is InChI=1S/C20H18ClNO5S/c21-18-9-8-17(28-18)15(23)7-10-20(26)27-12-16(24)13-3-5-14(6-4-13)22-11-1-2-19(22)25/h3-6,8-9H,1-2,7,10-12H2. The summed E-state index contributed by atoms with van der Waals surface area (Å²) >= 11 is 6.94. The van der Waals surface area contributed by atoms with Crippen molar-refractivity contribution in [1.29, 1.82) is 0 Å². The normalized spacial score (nSPS) is 13.6. The number of ketones is 2. The molecular formula is C20H18ClNO5S. The summed E-state index contributed by atoms with van der Waals surface area (Å²) in [5.74, 6) is -1.06. The van der Waals surface area contributed by atoms with Gasteiger partial charge in [0.25, 0.3) is 0 Å². The number of carbonyl (C=O) groups excluding carboxylic acids is 4. The van der Waals surface area contributed by atoms with Gasteiger partial charge in [-0.2, -0.15) is 0 Å². The first kappa shape index (κ1) is 20.2. The third kappa shape index (κ3) is 5.05. The topological polar surface area (TPSA) is 80.8 Å². The molecule has 1 aromatic carbocycles. The van der Waals surface area contributed by atoms with Gasteiger partial charge in [0.05, 0.1) is 15.6 Å². The number of anilines is 1. The molecule has 0 spiro atoms. The number of esters is 1. The predicted molar refractivity (Wildman–Crippen MR) is 106 cm³/mol. The van der Waals surface area contributed by atoms with Crippen molar-refractivity contribution < 1.29 is 23.9 Å². The minimum absolute atomic E-state index is 0.00241. The number of benzene rings is 1. The fourth-order valence-corrected chi connectivity index (χ4v) is 3.86. The zero-order chi connectivity index (χ0) is 20.1. The highest BCUT2D eigenvalue weighted by atomic mass is 35.5. The Labute approximate surface area is 171 Å². The van der Waals surface area contributed by atoms with Crippen molar-refractivity contribution in [3.8, 4) is 0 Å². The quantitative estimate of drug-likeness (QED) is 0.478. The number of halogens is 1. The van der Waals surface area contributed by atoms with Crippen molar-refractivity contribution in [3.63, 3.8) is 0 Å². The Morgan fingerprint density at radius 1 is 1.04 bits per heavy atom. The van der Waals surface area contributed by atoms with Gasteiger partial charge in [-0.05, 0) is 42.8 Å². The lowest BCUT2D eigenvalue weighted by Gasteiger charge is -2.15. The summed E-state index contributed by atoms with van der Waals surface area (Å²) in [6.07, 6.45) is 1.27. The summed E-state index contributed by atoms with van der Waals surface area (Å²) < 4.78 is 5.48. The first-order chi connectivity index (χ1) is 13.4. The van der Waals surface area contributed by atoms with Gasteiger partial charge in [-0.3, -0.25) is 19.2 Å². The van der Waals surface area contributed by atoms with Gasteiger partial charge in [0.2, 0.25) is 5.91 Å². The van der Waals surface area contributed by atoms with E-state index in [-0.39, 0.29) is 36.9 Å². The van der Waals surface area contributed by atoms with E-state index in [2.05, 4.69) is 0 Å². The van der Waals surface area contributed by atoms with E-state index in [1.165, 1.54) is 0 Å². The number of rotatable bonds is 8. The molecule has 0 atom stereocenters. The third-order valence-corrected chi connectivity index (χ3v) is 5.62. The maximum absolute atomic E-state index is 12.2. The number of hydrogen-bond donors (Lipinski definition) is 0. The van der Waals surface area contributed by atoms with Crippen LogP contribution in [0.2, 0.25) is 4.34 Å². The predicted octanol–water partition coefficient (Wildman–Crippen LogP) is 3.92. The second-order valence-electron chi connectivity index (χ2n) is 6.31. The highest BCUT2D eigenvalue weighted by Gasteiger charge is 2.22. The Morgan fingerprint density at radius 3 is 2.39 bits per heavy atom. The SMILES string of the molecule is O=C(CCC(=O)c1ccc(Cl)s1)OCC(=O)c1ccc(N2CCCC2=O)cc1. The molecule has 2 aromatic rings. The molecule has 0 aliphatic carbocycles. The zero-order valence-corrected chi connectivity index (χ0v) is 16.6. The molecule has 28 heavy (non-hydrogen) atoms.